The molecule has 2 aromatic rings. The molecule has 9 N–H and O–H groups in total. The molecule has 2 unspecified atom stereocenters. The van der Waals surface area contributed by atoms with E-state index in [2.05, 4.69) is 5.32 Å². The van der Waals surface area contributed by atoms with E-state index >= 15 is 0 Å². The van der Waals surface area contributed by atoms with E-state index in [4.69, 9.17) is 11.5 Å². The maximum absolute atomic E-state index is 14.1. The summed E-state index contributed by atoms with van der Waals surface area (Å²) in [4.78, 5) is 55.6. The Bertz CT molecular complexity index is 1660. The van der Waals surface area contributed by atoms with Crippen molar-refractivity contribution in [2.45, 2.75) is 24.5 Å². The first-order valence-electron chi connectivity index (χ1n) is 13.5. The van der Waals surface area contributed by atoms with Gasteiger partial charge in [-0.3, -0.25) is 24.1 Å². The number of nitrogens with one attached hydrogen (secondary N) is 1. The number of benzene rings is 2. The number of aliphatic hydroxyl groups is 3. The van der Waals surface area contributed by atoms with Crippen molar-refractivity contribution >= 4 is 46.2 Å². The number of carbonyl (C=O) groups excluding carboxylic acids is 4. The van der Waals surface area contributed by atoms with Crippen molar-refractivity contribution < 1.29 is 39.6 Å². The molecule has 13 nitrogen and oxygen atoms in total. The Morgan fingerprint density at radius 3 is 2.23 bits per heavy atom. The average molecular weight is 592 g/mol. The third kappa shape index (κ3) is 4.31. The van der Waals surface area contributed by atoms with E-state index < -0.39 is 69.7 Å². The van der Waals surface area contributed by atoms with Crippen molar-refractivity contribution in [1.29, 1.82) is 0 Å². The summed E-state index contributed by atoms with van der Waals surface area (Å²) >= 11 is 0. The highest BCUT2D eigenvalue weighted by Crippen LogP contribution is 2.54. The second kappa shape index (κ2) is 10.1. The van der Waals surface area contributed by atoms with Crippen LogP contribution in [0.4, 0.5) is 17.1 Å². The number of ketones is 2. The number of Topliss-reactive ketones (excluding diaryl/α,β-unsaturated/α-hetero) is 2. The van der Waals surface area contributed by atoms with Crippen LogP contribution in [0.25, 0.3) is 5.76 Å². The normalized spacial score (nSPS) is 24.8. The molecule has 2 amide bonds. The minimum atomic E-state index is -2.74. The standard InChI is InChI=1S/C30H33N5O8/c1-34(2)18-11-17(33-29(42)12-5-7-14(31)8-6-12)23(36)20-15(18)9-13-10-16-22(35(3)4)25(38)21(28(32)41)27(40)30(16,43)26(39)19(13)24(20)37/h5-8,11,13,16,22,36-37,40,43H,9-10,31H2,1-4H3,(H2,32,41)(H,33,42)/t13?,16?,22-,30-/m0/s1. The molecule has 1 saturated carbocycles. The highest BCUT2D eigenvalue weighted by molar-refractivity contribution is 6.24. The fourth-order valence-electron chi connectivity index (χ4n) is 6.62. The second-order valence-corrected chi connectivity index (χ2v) is 11.6. The summed E-state index contributed by atoms with van der Waals surface area (Å²) in [6.45, 7) is 0. The molecule has 3 aliphatic carbocycles. The van der Waals surface area contributed by atoms with Crippen molar-refractivity contribution in [3.8, 4) is 5.75 Å². The summed E-state index contributed by atoms with van der Waals surface area (Å²) in [5.74, 6) is -8.05. The molecule has 0 bridgehead atoms. The molecule has 43 heavy (non-hydrogen) atoms. The summed E-state index contributed by atoms with van der Waals surface area (Å²) in [7, 11) is 6.54. The van der Waals surface area contributed by atoms with Crippen LogP contribution in [0.2, 0.25) is 0 Å². The number of fused-ring (bicyclic) bond motifs is 3. The minimum Gasteiger partial charge on any atom is -0.508 e. The number of rotatable bonds is 5. The monoisotopic (exact) mass is 591 g/mol. The maximum Gasteiger partial charge on any atom is 0.255 e. The first kappa shape index (κ1) is 29.6. The number of hydrogen-bond donors (Lipinski definition) is 7. The van der Waals surface area contributed by atoms with E-state index in [0.717, 1.165) is 0 Å². The lowest BCUT2D eigenvalue weighted by atomic mass is 9.57. The Kier molecular flexibility index (Phi) is 6.98. The van der Waals surface area contributed by atoms with Crippen molar-refractivity contribution in [1.82, 2.24) is 4.90 Å². The number of carbonyl (C=O) groups is 4. The van der Waals surface area contributed by atoms with Crippen LogP contribution in [0, 0.1) is 11.8 Å². The number of likely N-dealkylation sites (N-methyl/N-ethyl adjacent to an activating group) is 1. The molecule has 0 saturated heterocycles. The molecule has 4 atom stereocenters. The molecule has 3 aliphatic rings. The number of aromatic hydroxyl groups is 1. The highest BCUT2D eigenvalue weighted by Gasteiger charge is 2.64. The van der Waals surface area contributed by atoms with Gasteiger partial charge >= 0.3 is 0 Å². The van der Waals surface area contributed by atoms with Gasteiger partial charge in [-0.25, -0.2) is 0 Å². The summed E-state index contributed by atoms with van der Waals surface area (Å²) in [6.07, 6.45) is 0.0802. The van der Waals surface area contributed by atoms with Gasteiger partial charge in [0.2, 0.25) is 5.78 Å². The van der Waals surface area contributed by atoms with Crippen LogP contribution in [0.1, 0.15) is 27.9 Å². The van der Waals surface area contributed by atoms with Crippen LogP contribution >= 0.6 is 0 Å². The van der Waals surface area contributed by atoms with Gasteiger partial charge in [0, 0.05) is 42.5 Å². The van der Waals surface area contributed by atoms with Gasteiger partial charge in [-0.1, -0.05) is 0 Å². The number of primary amides is 1. The van der Waals surface area contributed by atoms with Crippen molar-refractivity contribution in [2.24, 2.45) is 17.6 Å². The Labute approximate surface area is 246 Å². The first-order chi connectivity index (χ1) is 20.1. The maximum atomic E-state index is 14.1. The van der Waals surface area contributed by atoms with Crippen LogP contribution in [0.3, 0.4) is 0 Å². The number of anilines is 3. The van der Waals surface area contributed by atoms with E-state index in [1.807, 2.05) is 0 Å². The first-order valence-corrected chi connectivity index (χ1v) is 13.5. The quantitative estimate of drug-likeness (QED) is 0.147. The number of nitrogens with two attached hydrogens (primary N) is 2. The lowest BCUT2D eigenvalue weighted by Gasteiger charge is -2.50. The topological polar surface area (TPSA) is 220 Å². The number of hydrogen-bond acceptors (Lipinski definition) is 11. The Hall–Kier alpha value is -4.88. The lowest BCUT2D eigenvalue weighted by molar-refractivity contribution is -0.153. The van der Waals surface area contributed by atoms with Gasteiger partial charge in [-0.2, -0.15) is 0 Å². The van der Waals surface area contributed by atoms with E-state index in [9.17, 15) is 39.6 Å². The minimum absolute atomic E-state index is 0.0327. The van der Waals surface area contributed by atoms with Gasteiger partial charge in [0.25, 0.3) is 11.8 Å². The summed E-state index contributed by atoms with van der Waals surface area (Å²) in [5.41, 5.74) is 8.70. The Morgan fingerprint density at radius 1 is 1.05 bits per heavy atom. The molecule has 0 aliphatic heterocycles. The smallest absolute Gasteiger partial charge is 0.255 e. The van der Waals surface area contributed by atoms with Crippen LogP contribution in [0.15, 0.2) is 47.2 Å². The van der Waals surface area contributed by atoms with Crippen LogP contribution in [-0.2, 0) is 20.8 Å². The Balaban J connectivity index is 1.68. The second-order valence-electron chi connectivity index (χ2n) is 11.6. The molecule has 2 aromatic carbocycles. The zero-order valence-electron chi connectivity index (χ0n) is 24.0. The third-order valence-corrected chi connectivity index (χ3v) is 8.60. The third-order valence-electron chi connectivity index (χ3n) is 8.60. The molecule has 0 radical (unpaired) electrons. The van der Waals surface area contributed by atoms with E-state index in [-0.39, 0.29) is 35.2 Å². The molecule has 226 valence electrons. The van der Waals surface area contributed by atoms with Gasteiger partial charge in [0.05, 0.1) is 17.3 Å². The van der Waals surface area contributed by atoms with Crippen LogP contribution in [0.5, 0.6) is 5.75 Å². The van der Waals surface area contributed by atoms with Gasteiger partial charge in [0.15, 0.2) is 11.4 Å². The number of amides is 2. The number of nitrogens with zero attached hydrogens (tertiary/aromatic N) is 2. The summed E-state index contributed by atoms with van der Waals surface area (Å²) in [5, 5.41) is 48.4. The average Bonchev–Trinajstić information content (AvgIpc) is 2.92. The predicted octanol–water partition coefficient (Wildman–Crippen LogP) is 0.865. The zero-order chi connectivity index (χ0) is 31.7. The number of nitrogen functional groups attached to an aromatic ring is 1. The van der Waals surface area contributed by atoms with Gasteiger partial charge in [-0.15, -0.1) is 0 Å². The van der Waals surface area contributed by atoms with E-state index in [1.165, 1.54) is 31.1 Å². The van der Waals surface area contributed by atoms with E-state index in [0.29, 0.717) is 16.9 Å². The highest BCUT2D eigenvalue weighted by atomic mass is 16.3. The number of aliphatic hydroxyl groups excluding tert-OH is 2. The molecule has 0 aromatic heterocycles. The van der Waals surface area contributed by atoms with Gasteiger partial charge < -0.3 is 42.1 Å². The van der Waals surface area contributed by atoms with Crippen LogP contribution < -0.4 is 21.7 Å². The zero-order valence-corrected chi connectivity index (χ0v) is 24.0. The largest absolute Gasteiger partial charge is 0.508 e. The summed E-state index contributed by atoms with van der Waals surface area (Å²) in [6, 6.07) is 6.47. The van der Waals surface area contributed by atoms with E-state index in [1.54, 1.807) is 37.2 Å². The molecule has 5 rings (SSSR count). The molecular weight excluding hydrogens is 558 g/mol. The molecule has 13 heteroatoms. The molecule has 0 spiro atoms. The van der Waals surface area contributed by atoms with Crippen LogP contribution in [-0.4, -0.2) is 88.5 Å². The molecule has 0 heterocycles. The SMILES string of the molecule is CN(C)c1cc(NC(=O)c2ccc(N)cc2)c(O)c2c1CC1CC3[C@H](N(C)C)C(=O)C(C(N)=O)=C(O)[C@@]3(O)C(=O)C1=C2O. The molecular formula is C30H33N5O8. The van der Waals surface area contributed by atoms with Crippen molar-refractivity contribution in [3.63, 3.8) is 0 Å². The Morgan fingerprint density at radius 2 is 1.67 bits per heavy atom. The van der Waals surface area contributed by atoms with Crippen molar-refractivity contribution in [3.05, 3.63) is 63.9 Å². The summed E-state index contributed by atoms with van der Waals surface area (Å²) < 4.78 is 0. The van der Waals surface area contributed by atoms with Crippen molar-refractivity contribution in [2.75, 3.05) is 44.1 Å². The van der Waals surface area contributed by atoms with Gasteiger partial charge in [-0.05, 0) is 68.8 Å². The fourth-order valence-corrected chi connectivity index (χ4v) is 6.62. The fraction of sp³-hybridized carbons (Fsp3) is 0.333. The lowest BCUT2D eigenvalue weighted by Crippen LogP contribution is -2.65. The molecule has 1 fully saturated rings. The predicted molar refractivity (Wildman–Crippen MR) is 157 cm³/mol. The number of phenolic OH excluding ortho intramolecular Hbond substituents is 1. The van der Waals surface area contributed by atoms with Gasteiger partial charge in [0.1, 0.15) is 22.8 Å². The number of phenols is 1.